The molecule has 14 heavy (non-hydrogen) atoms. The third-order valence-corrected chi connectivity index (χ3v) is 2.55. The number of carbonyl (C=O) groups excluding carboxylic acids is 1. The molecule has 1 aromatic rings. The number of hydrogen-bond acceptors (Lipinski definition) is 2. The summed E-state index contributed by atoms with van der Waals surface area (Å²) in [5, 5.41) is 7.20. The third-order valence-electron chi connectivity index (χ3n) is 2.55. The van der Waals surface area contributed by atoms with E-state index in [0.29, 0.717) is 17.0 Å². The molecule has 0 bridgehead atoms. The van der Waals surface area contributed by atoms with E-state index in [4.69, 9.17) is 11.1 Å². The van der Waals surface area contributed by atoms with Gasteiger partial charge in [-0.1, -0.05) is 6.07 Å². The molecule has 0 radical (unpaired) electrons. The highest BCUT2D eigenvalue weighted by Crippen LogP contribution is 2.40. The Labute approximate surface area is 82.4 Å². The molecule has 1 aliphatic carbocycles. The van der Waals surface area contributed by atoms with Crippen LogP contribution in [0.15, 0.2) is 18.2 Å². The Morgan fingerprint density at radius 2 is 2.21 bits per heavy atom. The minimum absolute atomic E-state index is 0.435. The molecule has 3 nitrogen and oxygen atoms in total. The lowest BCUT2D eigenvalue weighted by Gasteiger charge is -2.04. The molecule has 1 saturated carbocycles. The average molecular weight is 188 g/mol. The Hall–Kier alpha value is -1.64. The van der Waals surface area contributed by atoms with Crippen LogP contribution in [0.3, 0.4) is 0 Å². The van der Waals surface area contributed by atoms with Crippen LogP contribution in [-0.4, -0.2) is 12.1 Å². The summed E-state index contributed by atoms with van der Waals surface area (Å²) >= 11 is 0. The van der Waals surface area contributed by atoms with Gasteiger partial charge in [0.05, 0.1) is 0 Å². The molecule has 0 saturated heterocycles. The summed E-state index contributed by atoms with van der Waals surface area (Å²) in [6.45, 7) is 0. The van der Waals surface area contributed by atoms with Crippen molar-refractivity contribution in [3.05, 3.63) is 34.9 Å². The highest BCUT2D eigenvalue weighted by atomic mass is 16.1. The fraction of sp³-hybridized carbons (Fsp3) is 0.273. The van der Waals surface area contributed by atoms with Gasteiger partial charge in [0.1, 0.15) is 0 Å². The van der Waals surface area contributed by atoms with Crippen LogP contribution in [0.5, 0.6) is 0 Å². The van der Waals surface area contributed by atoms with E-state index in [1.54, 1.807) is 6.07 Å². The summed E-state index contributed by atoms with van der Waals surface area (Å²) in [5.74, 6) is 0.168. The summed E-state index contributed by atoms with van der Waals surface area (Å²) in [6.07, 6.45) is 3.62. The molecule has 0 spiro atoms. The lowest BCUT2D eigenvalue weighted by Crippen LogP contribution is -2.13. The molecular formula is C11H12N2O. The quantitative estimate of drug-likeness (QED) is 0.696. The van der Waals surface area contributed by atoms with E-state index >= 15 is 0 Å². The van der Waals surface area contributed by atoms with Gasteiger partial charge in [0.2, 0.25) is 5.91 Å². The SMILES string of the molecule is N=Cc1cc(C2CC2)ccc1C(N)=O. The number of hydrogen-bond donors (Lipinski definition) is 2. The monoisotopic (exact) mass is 188 g/mol. The number of nitrogens with two attached hydrogens (primary N) is 1. The molecule has 0 aliphatic heterocycles. The van der Waals surface area contributed by atoms with Crippen LogP contribution in [-0.2, 0) is 0 Å². The first kappa shape index (κ1) is 8.94. The fourth-order valence-electron chi connectivity index (χ4n) is 1.60. The van der Waals surface area contributed by atoms with E-state index < -0.39 is 5.91 Å². The second-order valence-corrected chi connectivity index (χ2v) is 3.63. The van der Waals surface area contributed by atoms with Gasteiger partial charge < -0.3 is 11.1 Å². The molecule has 3 N–H and O–H groups in total. The molecule has 0 aromatic heterocycles. The van der Waals surface area contributed by atoms with Crippen molar-refractivity contribution in [3.8, 4) is 0 Å². The Morgan fingerprint density at radius 3 is 2.71 bits per heavy atom. The number of carbonyl (C=O) groups is 1. The highest BCUT2D eigenvalue weighted by Gasteiger charge is 2.24. The normalized spacial score (nSPS) is 15.1. The lowest BCUT2D eigenvalue weighted by molar-refractivity contribution is 0.1000. The van der Waals surface area contributed by atoms with Crippen LogP contribution in [0, 0.1) is 5.41 Å². The maximum atomic E-state index is 11.0. The van der Waals surface area contributed by atoms with Crippen molar-refractivity contribution in [2.75, 3.05) is 0 Å². The van der Waals surface area contributed by atoms with Gasteiger partial charge in [-0.3, -0.25) is 4.79 Å². The van der Waals surface area contributed by atoms with Gasteiger partial charge in [0.15, 0.2) is 0 Å². The molecular weight excluding hydrogens is 176 g/mol. The maximum absolute atomic E-state index is 11.0. The first-order chi connectivity index (χ1) is 6.72. The predicted molar refractivity (Wildman–Crippen MR) is 54.8 cm³/mol. The Bertz CT molecular complexity index is 394. The van der Waals surface area contributed by atoms with Gasteiger partial charge in [-0.05, 0) is 36.5 Å². The molecule has 72 valence electrons. The first-order valence-corrected chi connectivity index (χ1v) is 4.66. The predicted octanol–water partition coefficient (Wildman–Crippen LogP) is 1.66. The van der Waals surface area contributed by atoms with Crippen molar-refractivity contribution in [3.63, 3.8) is 0 Å². The zero-order valence-corrected chi connectivity index (χ0v) is 7.79. The van der Waals surface area contributed by atoms with E-state index in [9.17, 15) is 4.79 Å². The Balaban J connectivity index is 2.43. The van der Waals surface area contributed by atoms with Gasteiger partial charge in [0.25, 0.3) is 0 Å². The van der Waals surface area contributed by atoms with E-state index in [1.807, 2.05) is 12.1 Å². The van der Waals surface area contributed by atoms with Crippen molar-refractivity contribution in [2.24, 2.45) is 5.73 Å². The summed E-state index contributed by atoms with van der Waals surface area (Å²) < 4.78 is 0. The van der Waals surface area contributed by atoms with Crippen molar-refractivity contribution < 1.29 is 4.79 Å². The lowest BCUT2D eigenvalue weighted by atomic mass is 10.0. The summed E-state index contributed by atoms with van der Waals surface area (Å²) in [4.78, 5) is 11.0. The smallest absolute Gasteiger partial charge is 0.249 e. The van der Waals surface area contributed by atoms with Crippen LogP contribution < -0.4 is 5.73 Å². The molecule has 0 heterocycles. The van der Waals surface area contributed by atoms with Crippen LogP contribution in [0.2, 0.25) is 0 Å². The van der Waals surface area contributed by atoms with Crippen molar-refractivity contribution in [1.29, 1.82) is 5.41 Å². The summed E-state index contributed by atoms with van der Waals surface area (Å²) in [7, 11) is 0. The van der Waals surface area contributed by atoms with Crippen molar-refractivity contribution in [1.82, 2.24) is 0 Å². The van der Waals surface area contributed by atoms with Crippen molar-refractivity contribution >= 4 is 12.1 Å². The topological polar surface area (TPSA) is 66.9 Å². The van der Waals surface area contributed by atoms with Gasteiger partial charge in [-0.15, -0.1) is 0 Å². The zero-order chi connectivity index (χ0) is 10.1. The number of primary amides is 1. The molecule has 1 aromatic carbocycles. The third kappa shape index (κ3) is 1.53. The minimum Gasteiger partial charge on any atom is -0.366 e. The van der Waals surface area contributed by atoms with Crippen LogP contribution in [0.1, 0.15) is 40.2 Å². The second kappa shape index (κ2) is 3.25. The van der Waals surface area contributed by atoms with Gasteiger partial charge >= 0.3 is 0 Å². The molecule has 0 unspecified atom stereocenters. The molecule has 1 aliphatic rings. The molecule has 1 fully saturated rings. The van der Waals surface area contributed by atoms with E-state index in [0.717, 1.165) is 0 Å². The van der Waals surface area contributed by atoms with Crippen LogP contribution >= 0.6 is 0 Å². The van der Waals surface area contributed by atoms with Gasteiger partial charge in [-0.2, -0.15) is 0 Å². The Kier molecular flexibility index (Phi) is 2.08. The fourth-order valence-corrected chi connectivity index (χ4v) is 1.60. The second-order valence-electron chi connectivity index (χ2n) is 3.63. The zero-order valence-electron chi connectivity index (χ0n) is 7.79. The van der Waals surface area contributed by atoms with Crippen LogP contribution in [0.4, 0.5) is 0 Å². The van der Waals surface area contributed by atoms with E-state index in [2.05, 4.69) is 0 Å². The first-order valence-electron chi connectivity index (χ1n) is 4.66. The number of rotatable bonds is 3. The molecule has 0 atom stereocenters. The largest absolute Gasteiger partial charge is 0.366 e. The minimum atomic E-state index is -0.467. The summed E-state index contributed by atoms with van der Waals surface area (Å²) in [6, 6.07) is 5.55. The summed E-state index contributed by atoms with van der Waals surface area (Å²) in [5.41, 5.74) is 7.47. The van der Waals surface area contributed by atoms with E-state index in [-0.39, 0.29) is 0 Å². The van der Waals surface area contributed by atoms with Gasteiger partial charge in [0, 0.05) is 17.3 Å². The number of benzene rings is 1. The van der Waals surface area contributed by atoms with Gasteiger partial charge in [-0.25, -0.2) is 0 Å². The molecule has 1 amide bonds. The van der Waals surface area contributed by atoms with Crippen molar-refractivity contribution in [2.45, 2.75) is 18.8 Å². The molecule has 2 rings (SSSR count). The molecule has 3 heteroatoms. The average Bonchev–Trinajstić information content (AvgIpc) is 3.00. The van der Waals surface area contributed by atoms with E-state index in [1.165, 1.54) is 24.6 Å². The maximum Gasteiger partial charge on any atom is 0.249 e. The number of nitrogens with one attached hydrogen (secondary N) is 1. The standard InChI is InChI=1S/C11H12N2O/c12-6-9-5-8(7-1-2-7)3-4-10(9)11(13)14/h3-7,12H,1-2H2,(H2,13,14). The number of amides is 1. The van der Waals surface area contributed by atoms with Crippen LogP contribution in [0.25, 0.3) is 0 Å². The highest BCUT2D eigenvalue weighted by molar-refractivity contribution is 6.01. The Morgan fingerprint density at radius 1 is 1.50 bits per heavy atom.